The van der Waals surface area contributed by atoms with Crippen molar-refractivity contribution in [2.24, 2.45) is 10.7 Å². The molecule has 0 aliphatic heterocycles. The van der Waals surface area contributed by atoms with Gasteiger partial charge in [0.1, 0.15) is 5.69 Å². The minimum atomic E-state index is -0.154. The average Bonchev–Trinajstić information content (AvgIpc) is 3.18. The molecule has 8 heteroatoms. The number of carbonyl (C=O) groups excluding carboxylic acids is 1. The standard InChI is InChI=1S/C22H26N4O3S.CH4.H2/c1-28-19-9-8-16(14-20(19)29-2)10-13-26-18(21(27)24-12-11-23)15-30-22(26)25-17-6-4-3-5-7-17;;/h3-9,14-15H,10-13,23H2,1-2H3,(H,24,27);1H4;1H. The molecular formula is C23H32N4O3S. The number of benzene rings is 2. The number of amides is 1. The fraction of sp³-hybridized carbons (Fsp3) is 0.304. The van der Waals surface area contributed by atoms with Gasteiger partial charge in [0.05, 0.1) is 19.9 Å². The van der Waals surface area contributed by atoms with Gasteiger partial charge in [-0.25, -0.2) is 4.99 Å². The van der Waals surface area contributed by atoms with E-state index in [1.165, 1.54) is 11.3 Å². The second-order valence-electron chi connectivity index (χ2n) is 6.49. The molecule has 0 bridgehead atoms. The second-order valence-corrected chi connectivity index (χ2v) is 7.32. The van der Waals surface area contributed by atoms with Crippen molar-refractivity contribution in [3.63, 3.8) is 0 Å². The van der Waals surface area contributed by atoms with E-state index in [4.69, 9.17) is 20.2 Å². The first-order valence-corrected chi connectivity index (χ1v) is 10.5. The lowest BCUT2D eigenvalue weighted by Gasteiger charge is -2.12. The summed E-state index contributed by atoms with van der Waals surface area (Å²) >= 11 is 1.44. The van der Waals surface area contributed by atoms with E-state index in [9.17, 15) is 4.79 Å². The topological polar surface area (TPSA) is 90.9 Å². The molecular weight excluding hydrogens is 412 g/mol. The van der Waals surface area contributed by atoms with Gasteiger partial charge in [-0.2, -0.15) is 0 Å². The predicted octanol–water partition coefficient (Wildman–Crippen LogP) is 3.61. The van der Waals surface area contributed by atoms with E-state index >= 15 is 0 Å². The normalized spacial score (nSPS) is 11.0. The molecule has 0 aliphatic rings. The molecule has 0 aliphatic carbocycles. The molecule has 3 aromatic rings. The molecule has 31 heavy (non-hydrogen) atoms. The van der Waals surface area contributed by atoms with Crippen LogP contribution in [0.4, 0.5) is 5.69 Å². The van der Waals surface area contributed by atoms with Gasteiger partial charge in [-0.05, 0) is 36.2 Å². The van der Waals surface area contributed by atoms with Gasteiger partial charge in [0.25, 0.3) is 5.91 Å². The first-order chi connectivity index (χ1) is 14.7. The fourth-order valence-electron chi connectivity index (χ4n) is 2.98. The zero-order valence-corrected chi connectivity index (χ0v) is 17.9. The molecule has 0 atom stereocenters. The molecule has 2 aromatic carbocycles. The predicted molar refractivity (Wildman–Crippen MR) is 127 cm³/mol. The average molecular weight is 445 g/mol. The summed E-state index contributed by atoms with van der Waals surface area (Å²) in [5, 5.41) is 4.68. The molecule has 1 amide bonds. The van der Waals surface area contributed by atoms with E-state index in [1.54, 1.807) is 14.2 Å². The molecule has 0 spiro atoms. The quantitative estimate of drug-likeness (QED) is 0.527. The third-order valence-corrected chi connectivity index (χ3v) is 5.38. The summed E-state index contributed by atoms with van der Waals surface area (Å²) in [6, 6.07) is 15.5. The number of carbonyl (C=O) groups is 1. The minimum absolute atomic E-state index is 0. The van der Waals surface area contributed by atoms with Gasteiger partial charge in [0, 0.05) is 26.4 Å². The Morgan fingerprint density at radius 3 is 2.58 bits per heavy atom. The smallest absolute Gasteiger partial charge is 0.268 e. The van der Waals surface area contributed by atoms with Crippen LogP contribution in [0.15, 0.2) is 58.9 Å². The maximum absolute atomic E-state index is 12.6. The van der Waals surface area contributed by atoms with Crippen molar-refractivity contribution in [2.45, 2.75) is 20.4 Å². The number of hydrogen-bond donors (Lipinski definition) is 2. The van der Waals surface area contributed by atoms with Crippen LogP contribution in [0.25, 0.3) is 0 Å². The van der Waals surface area contributed by atoms with E-state index in [-0.39, 0.29) is 14.8 Å². The molecule has 1 aromatic heterocycles. The highest BCUT2D eigenvalue weighted by Gasteiger charge is 2.14. The Hall–Kier alpha value is -3.10. The van der Waals surface area contributed by atoms with Crippen molar-refractivity contribution in [3.8, 4) is 11.5 Å². The molecule has 3 rings (SSSR count). The van der Waals surface area contributed by atoms with E-state index in [2.05, 4.69) is 5.32 Å². The number of methoxy groups -OCH3 is 2. The lowest BCUT2D eigenvalue weighted by molar-refractivity contribution is 0.0945. The second kappa shape index (κ2) is 11.9. The number of nitrogens with one attached hydrogen (secondary N) is 1. The summed E-state index contributed by atoms with van der Waals surface area (Å²) in [7, 11) is 3.23. The molecule has 0 saturated carbocycles. The number of aromatic nitrogens is 1. The van der Waals surface area contributed by atoms with Crippen molar-refractivity contribution < 1.29 is 15.7 Å². The van der Waals surface area contributed by atoms with Crippen LogP contribution in [0, 0.1) is 0 Å². The number of hydrogen-bond acceptors (Lipinski definition) is 6. The van der Waals surface area contributed by atoms with Gasteiger partial charge in [-0.3, -0.25) is 4.79 Å². The zero-order valence-electron chi connectivity index (χ0n) is 17.1. The Morgan fingerprint density at radius 2 is 1.90 bits per heavy atom. The van der Waals surface area contributed by atoms with Crippen molar-refractivity contribution in [2.75, 3.05) is 27.3 Å². The summed E-state index contributed by atoms with van der Waals surface area (Å²) in [5.74, 6) is 1.21. The minimum Gasteiger partial charge on any atom is -0.493 e. The van der Waals surface area contributed by atoms with Crippen LogP contribution >= 0.6 is 11.3 Å². The van der Waals surface area contributed by atoms with Gasteiger partial charge in [0.2, 0.25) is 0 Å². The van der Waals surface area contributed by atoms with Crippen molar-refractivity contribution >= 4 is 22.9 Å². The van der Waals surface area contributed by atoms with Gasteiger partial charge < -0.3 is 25.1 Å². The summed E-state index contributed by atoms with van der Waals surface area (Å²) in [6.07, 6.45) is 0.705. The maximum atomic E-state index is 12.6. The Labute approximate surface area is 188 Å². The number of rotatable bonds is 9. The van der Waals surface area contributed by atoms with Crippen LogP contribution in [0.2, 0.25) is 0 Å². The van der Waals surface area contributed by atoms with Crippen molar-refractivity contribution in [1.29, 1.82) is 0 Å². The zero-order chi connectivity index (χ0) is 21.3. The molecule has 168 valence electrons. The van der Waals surface area contributed by atoms with Crippen LogP contribution in [0.3, 0.4) is 0 Å². The van der Waals surface area contributed by atoms with Crippen LogP contribution in [0.5, 0.6) is 11.5 Å². The van der Waals surface area contributed by atoms with Crippen LogP contribution in [0.1, 0.15) is 24.9 Å². The van der Waals surface area contributed by atoms with E-state index in [0.717, 1.165) is 16.1 Å². The molecule has 3 N–H and O–H groups in total. The lowest BCUT2D eigenvalue weighted by atomic mass is 10.1. The molecule has 0 saturated heterocycles. The van der Waals surface area contributed by atoms with E-state index in [0.29, 0.717) is 43.2 Å². The highest BCUT2D eigenvalue weighted by molar-refractivity contribution is 7.07. The Kier molecular flexibility index (Phi) is 9.30. The largest absolute Gasteiger partial charge is 0.493 e. The Morgan fingerprint density at radius 1 is 1.16 bits per heavy atom. The summed E-state index contributed by atoms with van der Waals surface area (Å²) in [6.45, 7) is 1.41. The number of thiazole rings is 1. The van der Waals surface area contributed by atoms with Crippen LogP contribution in [-0.2, 0) is 13.0 Å². The third-order valence-electron chi connectivity index (χ3n) is 4.51. The molecule has 0 fully saturated rings. The Bertz CT molecular complexity index is 1050. The highest BCUT2D eigenvalue weighted by atomic mass is 32.1. The molecule has 0 unspecified atom stereocenters. The first kappa shape index (κ1) is 24.2. The van der Waals surface area contributed by atoms with Gasteiger partial charge >= 0.3 is 0 Å². The van der Waals surface area contributed by atoms with E-state index < -0.39 is 0 Å². The summed E-state index contributed by atoms with van der Waals surface area (Å²) in [5.41, 5.74) is 8.01. The molecule has 0 radical (unpaired) electrons. The number of ether oxygens (including phenoxy) is 2. The van der Waals surface area contributed by atoms with Gasteiger partial charge in [-0.1, -0.05) is 31.7 Å². The first-order valence-electron chi connectivity index (χ1n) is 9.63. The summed E-state index contributed by atoms with van der Waals surface area (Å²) < 4.78 is 12.7. The number of para-hydroxylation sites is 1. The third kappa shape index (κ3) is 6.19. The summed E-state index contributed by atoms with van der Waals surface area (Å²) in [4.78, 5) is 18.1. The van der Waals surface area contributed by atoms with E-state index in [1.807, 2.05) is 58.5 Å². The fourth-order valence-corrected chi connectivity index (χ4v) is 3.91. The SMILES string of the molecule is C.COc1ccc(CCn2c(C(=O)NCCN)csc2=Nc2ccccc2)cc1OC.[HH]. The maximum Gasteiger partial charge on any atom is 0.268 e. The lowest BCUT2D eigenvalue weighted by Crippen LogP contribution is -2.32. The molecule has 1 heterocycles. The van der Waals surface area contributed by atoms with Gasteiger partial charge in [0.15, 0.2) is 16.3 Å². The highest BCUT2D eigenvalue weighted by Crippen LogP contribution is 2.27. The van der Waals surface area contributed by atoms with Crippen LogP contribution < -0.4 is 25.3 Å². The number of nitrogens with two attached hydrogens (primary N) is 1. The monoisotopic (exact) mass is 444 g/mol. The number of nitrogens with zero attached hydrogens (tertiary/aromatic N) is 2. The molecule has 7 nitrogen and oxygen atoms in total. The van der Waals surface area contributed by atoms with Gasteiger partial charge in [-0.15, -0.1) is 11.3 Å². The van der Waals surface area contributed by atoms with Crippen molar-refractivity contribution in [3.05, 3.63) is 70.0 Å². The Balaban J connectivity index is 0.00000256. The van der Waals surface area contributed by atoms with Crippen LogP contribution in [-0.4, -0.2) is 37.8 Å². The number of aryl methyl sites for hydroxylation is 1. The van der Waals surface area contributed by atoms with Crippen molar-refractivity contribution in [1.82, 2.24) is 9.88 Å².